The largest absolute Gasteiger partial charge is 0.307 e. The van der Waals surface area contributed by atoms with E-state index < -0.39 is 0 Å². The maximum absolute atomic E-state index is 12.1. The van der Waals surface area contributed by atoms with Gasteiger partial charge in [-0.05, 0) is 35.9 Å². The molecule has 0 unspecified atom stereocenters. The lowest BCUT2D eigenvalue weighted by molar-refractivity contribution is 0.102. The van der Waals surface area contributed by atoms with E-state index >= 15 is 0 Å². The first-order valence-corrected chi connectivity index (χ1v) is 7.08. The Morgan fingerprint density at radius 3 is 2.64 bits per heavy atom. The maximum Gasteiger partial charge on any atom is 0.256 e. The van der Waals surface area contributed by atoms with Crippen LogP contribution in [0.2, 0.25) is 5.02 Å². The molecule has 22 heavy (non-hydrogen) atoms. The van der Waals surface area contributed by atoms with Crippen molar-refractivity contribution in [1.82, 2.24) is 14.8 Å². The highest BCUT2D eigenvalue weighted by Crippen LogP contribution is 2.12. The molecule has 2 aromatic heterocycles. The van der Waals surface area contributed by atoms with Gasteiger partial charge in [0.25, 0.3) is 5.91 Å². The van der Waals surface area contributed by atoms with Gasteiger partial charge in [-0.1, -0.05) is 23.7 Å². The van der Waals surface area contributed by atoms with Gasteiger partial charge in [0, 0.05) is 24.2 Å². The van der Waals surface area contributed by atoms with Gasteiger partial charge in [0.2, 0.25) is 0 Å². The Balaban J connectivity index is 1.66. The molecular weight excluding hydrogens is 300 g/mol. The number of pyridine rings is 1. The fourth-order valence-electron chi connectivity index (χ4n) is 1.98. The Kier molecular flexibility index (Phi) is 4.16. The molecule has 0 aliphatic rings. The lowest BCUT2D eigenvalue weighted by atomic mass is 10.1. The summed E-state index contributed by atoms with van der Waals surface area (Å²) >= 11 is 5.76. The van der Waals surface area contributed by atoms with Crippen LogP contribution in [-0.4, -0.2) is 20.7 Å². The summed E-state index contributed by atoms with van der Waals surface area (Å²) in [5, 5.41) is 7.40. The second-order valence-corrected chi connectivity index (χ2v) is 5.15. The van der Waals surface area contributed by atoms with Crippen molar-refractivity contribution < 1.29 is 4.79 Å². The molecule has 6 heteroatoms. The minimum absolute atomic E-state index is 0.208. The molecule has 0 atom stereocenters. The molecule has 2 heterocycles. The van der Waals surface area contributed by atoms with E-state index in [0.29, 0.717) is 22.9 Å². The predicted octanol–water partition coefficient (Wildman–Crippen LogP) is 3.23. The molecule has 0 spiro atoms. The van der Waals surface area contributed by atoms with Crippen molar-refractivity contribution in [3.05, 3.63) is 77.2 Å². The second kappa shape index (κ2) is 6.41. The number of amides is 1. The van der Waals surface area contributed by atoms with Crippen LogP contribution in [0.5, 0.6) is 0 Å². The summed E-state index contributed by atoms with van der Waals surface area (Å²) in [5.41, 5.74) is 1.64. The van der Waals surface area contributed by atoms with E-state index in [1.807, 2.05) is 29.1 Å². The van der Waals surface area contributed by atoms with Crippen LogP contribution in [0.4, 0.5) is 5.82 Å². The Bertz CT molecular complexity index is 752. The quantitative estimate of drug-likeness (QED) is 0.804. The number of aromatic nitrogens is 3. The molecule has 0 fully saturated rings. The third kappa shape index (κ3) is 3.51. The zero-order valence-corrected chi connectivity index (χ0v) is 12.4. The van der Waals surface area contributed by atoms with E-state index in [9.17, 15) is 4.79 Å². The molecule has 5 nitrogen and oxygen atoms in total. The Hall–Kier alpha value is -2.66. The highest BCUT2D eigenvalue weighted by molar-refractivity contribution is 6.30. The molecule has 3 rings (SSSR count). The van der Waals surface area contributed by atoms with Crippen LogP contribution in [-0.2, 0) is 6.54 Å². The molecule has 1 N–H and O–H groups in total. The Morgan fingerprint density at radius 1 is 1.18 bits per heavy atom. The summed E-state index contributed by atoms with van der Waals surface area (Å²) in [6, 6.07) is 12.6. The topological polar surface area (TPSA) is 59.8 Å². The van der Waals surface area contributed by atoms with Gasteiger partial charge < -0.3 is 5.32 Å². The lowest BCUT2D eigenvalue weighted by Crippen LogP contribution is -2.13. The van der Waals surface area contributed by atoms with E-state index in [1.165, 1.54) is 6.20 Å². The number of carbonyl (C=O) groups is 1. The number of hydrogen-bond donors (Lipinski definition) is 1. The van der Waals surface area contributed by atoms with Crippen LogP contribution >= 0.6 is 11.6 Å². The van der Waals surface area contributed by atoms with Crippen LogP contribution in [0.15, 0.2) is 61.1 Å². The van der Waals surface area contributed by atoms with Crippen LogP contribution in [0.25, 0.3) is 0 Å². The summed E-state index contributed by atoms with van der Waals surface area (Å²) < 4.78 is 1.83. The standard InChI is InChI=1S/C16H13ClN4O/c17-14-6-7-15(18-10-14)20-16(22)13-4-2-12(3-5-13)11-21-9-1-8-19-21/h1-10H,11H2,(H,18,20,22). The average Bonchev–Trinajstić information content (AvgIpc) is 3.03. The van der Waals surface area contributed by atoms with Crippen LogP contribution in [0, 0.1) is 0 Å². The maximum atomic E-state index is 12.1. The Labute approximate surface area is 132 Å². The molecule has 1 aromatic carbocycles. The molecule has 0 radical (unpaired) electrons. The molecule has 0 aliphatic heterocycles. The monoisotopic (exact) mass is 312 g/mol. The van der Waals surface area contributed by atoms with Gasteiger partial charge in [0.1, 0.15) is 5.82 Å². The molecular formula is C16H13ClN4O. The van der Waals surface area contributed by atoms with Gasteiger partial charge in [0.15, 0.2) is 0 Å². The summed E-state index contributed by atoms with van der Waals surface area (Å²) in [6.07, 6.45) is 5.12. The molecule has 0 saturated heterocycles. The molecule has 3 aromatic rings. The third-order valence-corrected chi connectivity index (χ3v) is 3.31. The summed E-state index contributed by atoms with van der Waals surface area (Å²) in [6.45, 7) is 0.674. The number of hydrogen-bond acceptors (Lipinski definition) is 3. The van der Waals surface area contributed by atoms with Crippen molar-refractivity contribution in [3.63, 3.8) is 0 Å². The van der Waals surface area contributed by atoms with Crippen molar-refractivity contribution in [2.75, 3.05) is 5.32 Å². The number of nitrogens with zero attached hydrogens (tertiary/aromatic N) is 3. The van der Waals surface area contributed by atoms with E-state index in [1.54, 1.807) is 30.5 Å². The van der Waals surface area contributed by atoms with Crippen molar-refractivity contribution in [1.29, 1.82) is 0 Å². The number of benzene rings is 1. The molecule has 0 aliphatic carbocycles. The fraction of sp³-hybridized carbons (Fsp3) is 0.0625. The highest BCUT2D eigenvalue weighted by Gasteiger charge is 2.07. The van der Waals surface area contributed by atoms with Crippen LogP contribution in [0.1, 0.15) is 15.9 Å². The number of anilines is 1. The highest BCUT2D eigenvalue weighted by atomic mass is 35.5. The second-order valence-electron chi connectivity index (χ2n) is 4.72. The third-order valence-electron chi connectivity index (χ3n) is 3.09. The number of carbonyl (C=O) groups excluding carboxylic acids is 1. The molecule has 1 amide bonds. The number of nitrogens with one attached hydrogen (secondary N) is 1. The molecule has 110 valence electrons. The normalized spacial score (nSPS) is 10.4. The van der Waals surface area contributed by atoms with Crippen LogP contribution in [0.3, 0.4) is 0 Å². The van der Waals surface area contributed by atoms with E-state index in [-0.39, 0.29) is 5.91 Å². The van der Waals surface area contributed by atoms with Crippen LogP contribution < -0.4 is 5.32 Å². The first-order chi connectivity index (χ1) is 10.7. The smallest absolute Gasteiger partial charge is 0.256 e. The first-order valence-electron chi connectivity index (χ1n) is 6.70. The van der Waals surface area contributed by atoms with Crippen molar-refractivity contribution in [2.45, 2.75) is 6.54 Å². The fourth-order valence-corrected chi connectivity index (χ4v) is 2.09. The van der Waals surface area contributed by atoms with Gasteiger partial charge in [-0.25, -0.2) is 4.98 Å². The molecule has 0 saturated carbocycles. The predicted molar refractivity (Wildman–Crippen MR) is 85.0 cm³/mol. The zero-order valence-electron chi connectivity index (χ0n) is 11.6. The summed E-state index contributed by atoms with van der Waals surface area (Å²) in [4.78, 5) is 16.2. The summed E-state index contributed by atoms with van der Waals surface area (Å²) in [5.74, 6) is 0.260. The minimum Gasteiger partial charge on any atom is -0.307 e. The molecule has 0 bridgehead atoms. The van der Waals surface area contributed by atoms with Crippen molar-refractivity contribution >= 4 is 23.3 Å². The zero-order chi connectivity index (χ0) is 15.4. The van der Waals surface area contributed by atoms with Gasteiger partial charge in [-0.3, -0.25) is 9.48 Å². The Morgan fingerprint density at radius 2 is 2.00 bits per heavy atom. The van der Waals surface area contributed by atoms with E-state index in [2.05, 4.69) is 15.4 Å². The average molecular weight is 313 g/mol. The van der Waals surface area contributed by atoms with E-state index in [0.717, 1.165) is 5.56 Å². The van der Waals surface area contributed by atoms with Crippen molar-refractivity contribution in [3.8, 4) is 0 Å². The van der Waals surface area contributed by atoms with Crippen molar-refractivity contribution in [2.24, 2.45) is 0 Å². The lowest BCUT2D eigenvalue weighted by Gasteiger charge is -2.06. The van der Waals surface area contributed by atoms with Gasteiger partial charge >= 0.3 is 0 Å². The number of rotatable bonds is 4. The SMILES string of the molecule is O=C(Nc1ccc(Cl)cn1)c1ccc(Cn2cccn2)cc1. The van der Waals surface area contributed by atoms with E-state index in [4.69, 9.17) is 11.6 Å². The van der Waals surface area contributed by atoms with Gasteiger partial charge in [-0.15, -0.1) is 0 Å². The van der Waals surface area contributed by atoms with Gasteiger partial charge in [-0.2, -0.15) is 5.10 Å². The first kappa shape index (κ1) is 14.3. The number of halogens is 1. The summed E-state index contributed by atoms with van der Waals surface area (Å²) in [7, 11) is 0. The minimum atomic E-state index is -0.208. The van der Waals surface area contributed by atoms with Gasteiger partial charge in [0.05, 0.1) is 11.6 Å².